The second-order valence-corrected chi connectivity index (χ2v) is 6.65. The highest BCUT2D eigenvalue weighted by Gasteiger charge is 2.48. The minimum absolute atomic E-state index is 0.168. The average molecular weight is 275 g/mol. The van der Waals surface area contributed by atoms with E-state index in [0.29, 0.717) is 6.54 Å². The van der Waals surface area contributed by atoms with Crippen molar-refractivity contribution in [1.29, 1.82) is 0 Å². The van der Waals surface area contributed by atoms with Crippen LogP contribution in [0.2, 0.25) is 0 Å². The smallest absolute Gasteiger partial charge is 0.0936 e. The molecule has 0 heterocycles. The lowest BCUT2D eigenvalue weighted by Gasteiger charge is -2.49. The second kappa shape index (κ2) is 6.28. The first-order valence-electron chi connectivity index (χ1n) is 8.04. The molecule has 0 amide bonds. The Kier molecular flexibility index (Phi) is 4.87. The summed E-state index contributed by atoms with van der Waals surface area (Å²) < 4.78 is 0. The van der Waals surface area contributed by atoms with Gasteiger partial charge in [0.25, 0.3) is 0 Å². The molecule has 1 aliphatic carbocycles. The zero-order chi connectivity index (χ0) is 14.6. The third-order valence-corrected chi connectivity index (χ3v) is 5.52. The van der Waals surface area contributed by atoms with E-state index in [1.807, 2.05) is 37.3 Å². The minimum atomic E-state index is -0.833. The van der Waals surface area contributed by atoms with Crippen LogP contribution in [0.3, 0.4) is 0 Å². The number of hydrogen-bond acceptors (Lipinski definition) is 2. The summed E-state index contributed by atoms with van der Waals surface area (Å²) in [7, 11) is 0. The van der Waals surface area contributed by atoms with Crippen LogP contribution < -0.4 is 5.73 Å². The van der Waals surface area contributed by atoms with Gasteiger partial charge in [0.2, 0.25) is 0 Å². The van der Waals surface area contributed by atoms with E-state index in [1.165, 1.54) is 25.7 Å². The van der Waals surface area contributed by atoms with Crippen molar-refractivity contribution in [2.24, 2.45) is 17.1 Å². The molecule has 0 aliphatic heterocycles. The van der Waals surface area contributed by atoms with Gasteiger partial charge in [-0.15, -0.1) is 0 Å². The van der Waals surface area contributed by atoms with Crippen molar-refractivity contribution in [3.05, 3.63) is 35.9 Å². The third-order valence-electron chi connectivity index (χ3n) is 5.52. The minimum Gasteiger partial charge on any atom is -0.385 e. The van der Waals surface area contributed by atoms with Crippen molar-refractivity contribution < 1.29 is 5.11 Å². The zero-order valence-corrected chi connectivity index (χ0v) is 12.9. The molecule has 1 fully saturated rings. The summed E-state index contributed by atoms with van der Waals surface area (Å²) in [5, 5.41) is 11.2. The van der Waals surface area contributed by atoms with Gasteiger partial charge >= 0.3 is 0 Å². The molecule has 0 bridgehead atoms. The quantitative estimate of drug-likeness (QED) is 0.858. The Morgan fingerprint density at radius 1 is 1.25 bits per heavy atom. The highest BCUT2D eigenvalue weighted by molar-refractivity contribution is 5.25. The van der Waals surface area contributed by atoms with E-state index in [1.54, 1.807) is 0 Å². The predicted octanol–water partition coefficient (Wildman–Crippen LogP) is 3.83. The third kappa shape index (κ3) is 2.77. The summed E-state index contributed by atoms with van der Waals surface area (Å²) in [5.74, 6) is 0.825. The predicted molar refractivity (Wildman–Crippen MR) is 84.4 cm³/mol. The zero-order valence-electron chi connectivity index (χ0n) is 12.9. The van der Waals surface area contributed by atoms with Gasteiger partial charge in [0.1, 0.15) is 0 Å². The molecule has 0 spiro atoms. The van der Waals surface area contributed by atoms with Gasteiger partial charge in [0.15, 0.2) is 0 Å². The van der Waals surface area contributed by atoms with Crippen molar-refractivity contribution in [3.8, 4) is 0 Å². The SMILES string of the molecule is CCCC1CCC(CN)(C(C)(O)c2ccccc2)CC1. The first kappa shape index (κ1) is 15.5. The number of benzene rings is 1. The fourth-order valence-corrected chi connectivity index (χ4v) is 3.89. The van der Waals surface area contributed by atoms with Crippen LogP contribution in [0.5, 0.6) is 0 Å². The molecule has 0 aromatic heterocycles. The molecule has 1 saturated carbocycles. The molecule has 2 nitrogen and oxygen atoms in total. The molecule has 112 valence electrons. The van der Waals surface area contributed by atoms with Crippen LogP contribution in [0, 0.1) is 11.3 Å². The van der Waals surface area contributed by atoms with Crippen molar-refractivity contribution in [2.75, 3.05) is 6.54 Å². The average Bonchev–Trinajstić information content (AvgIpc) is 2.49. The van der Waals surface area contributed by atoms with E-state index in [4.69, 9.17) is 5.73 Å². The first-order valence-corrected chi connectivity index (χ1v) is 8.04. The molecule has 2 rings (SSSR count). The van der Waals surface area contributed by atoms with Crippen LogP contribution in [0.25, 0.3) is 0 Å². The van der Waals surface area contributed by atoms with E-state index in [9.17, 15) is 5.11 Å². The van der Waals surface area contributed by atoms with Crippen LogP contribution in [-0.4, -0.2) is 11.7 Å². The molecule has 20 heavy (non-hydrogen) atoms. The molecule has 3 N–H and O–H groups in total. The largest absolute Gasteiger partial charge is 0.385 e. The molecule has 0 radical (unpaired) electrons. The van der Waals surface area contributed by atoms with E-state index in [2.05, 4.69) is 6.92 Å². The lowest BCUT2D eigenvalue weighted by atomic mass is 9.59. The summed E-state index contributed by atoms with van der Waals surface area (Å²) in [4.78, 5) is 0. The van der Waals surface area contributed by atoms with Crippen LogP contribution >= 0.6 is 0 Å². The van der Waals surface area contributed by atoms with E-state index >= 15 is 0 Å². The molecular formula is C18H29NO. The normalized spacial score (nSPS) is 29.9. The lowest BCUT2D eigenvalue weighted by molar-refractivity contribution is -0.0983. The highest BCUT2D eigenvalue weighted by Crippen LogP contribution is 2.50. The maximum absolute atomic E-state index is 11.2. The van der Waals surface area contributed by atoms with E-state index in [0.717, 1.165) is 24.3 Å². The van der Waals surface area contributed by atoms with Gasteiger partial charge < -0.3 is 10.8 Å². The number of aliphatic hydroxyl groups is 1. The molecule has 1 aromatic rings. The van der Waals surface area contributed by atoms with Crippen molar-refractivity contribution >= 4 is 0 Å². The van der Waals surface area contributed by atoms with Gasteiger partial charge in [0, 0.05) is 12.0 Å². The summed E-state index contributed by atoms with van der Waals surface area (Å²) in [6.45, 7) is 4.77. The number of nitrogens with two attached hydrogens (primary N) is 1. The fourth-order valence-electron chi connectivity index (χ4n) is 3.89. The second-order valence-electron chi connectivity index (χ2n) is 6.65. The van der Waals surface area contributed by atoms with Crippen LogP contribution in [0.1, 0.15) is 57.9 Å². The summed E-state index contributed by atoms with van der Waals surface area (Å²) >= 11 is 0. The fraction of sp³-hybridized carbons (Fsp3) is 0.667. The molecule has 1 unspecified atom stereocenters. The molecule has 1 aliphatic rings. The molecular weight excluding hydrogens is 246 g/mol. The Balaban J connectivity index is 2.19. The lowest BCUT2D eigenvalue weighted by Crippen LogP contribution is -2.50. The van der Waals surface area contributed by atoms with Gasteiger partial charge in [-0.05, 0) is 44.1 Å². The molecule has 1 aromatic carbocycles. The first-order chi connectivity index (χ1) is 9.55. The number of hydrogen-bond donors (Lipinski definition) is 2. The van der Waals surface area contributed by atoms with Crippen LogP contribution in [0.15, 0.2) is 30.3 Å². The Bertz CT molecular complexity index is 405. The van der Waals surface area contributed by atoms with Crippen molar-refractivity contribution in [1.82, 2.24) is 0 Å². The topological polar surface area (TPSA) is 46.2 Å². The van der Waals surface area contributed by atoms with Gasteiger partial charge in [-0.25, -0.2) is 0 Å². The maximum atomic E-state index is 11.2. The summed E-state index contributed by atoms with van der Waals surface area (Å²) in [6, 6.07) is 10.0. The van der Waals surface area contributed by atoms with Gasteiger partial charge in [-0.2, -0.15) is 0 Å². The Morgan fingerprint density at radius 2 is 1.85 bits per heavy atom. The Hall–Kier alpha value is -0.860. The van der Waals surface area contributed by atoms with Crippen molar-refractivity contribution in [3.63, 3.8) is 0 Å². The van der Waals surface area contributed by atoms with Crippen molar-refractivity contribution in [2.45, 2.75) is 58.0 Å². The standard InChI is InChI=1S/C18H29NO/c1-3-7-15-10-12-18(14-19,13-11-15)17(2,20)16-8-5-4-6-9-16/h4-6,8-9,15,20H,3,7,10-14,19H2,1-2H3. The van der Waals surface area contributed by atoms with Gasteiger partial charge in [-0.3, -0.25) is 0 Å². The molecule has 0 saturated heterocycles. The molecule has 1 atom stereocenters. The monoisotopic (exact) mass is 275 g/mol. The maximum Gasteiger partial charge on any atom is 0.0936 e. The molecule has 2 heteroatoms. The van der Waals surface area contributed by atoms with E-state index in [-0.39, 0.29) is 5.41 Å². The van der Waals surface area contributed by atoms with E-state index < -0.39 is 5.60 Å². The summed E-state index contributed by atoms with van der Waals surface area (Å²) in [5.41, 5.74) is 6.12. The van der Waals surface area contributed by atoms with Crippen LogP contribution in [0.4, 0.5) is 0 Å². The van der Waals surface area contributed by atoms with Gasteiger partial charge in [-0.1, -0.05) is 50.1 Å². The van der Waals surface area contributed by atoms with Crippen LogP contribution in [-0.2, 0) is 5.60 Å². The van der Waals surface area contributed by atoms with Gasteiger partial charge in [0.05, 0.1) is 5.60 Å². The summed E-state index contributed by atoms with van der Waals surface area (Å²) in [6.07, 6.45) is 7.05. The number of rotatable bonds is 5. The Labute approximate surface area is 123 Å². The Morgan fingerprint density at radius 3 is 2.35 bits per heavy atom. The highest BCUT2D eigenvalue weighted by atomic mass is 16.3.